The SMILES string of the molecule is Cc1cc(C)n(-c2ccc(=O)n(C3CCC(Nc4ncccn4)CC3)n2)n1. The molecular weight excluding hydrogens is 342 g/mol. The second kappa shape index (κ2) is 7.30. The van der Waals surface area contributed by atoms with Gasteiger partial charge in [-0.3, -0.25) is 4.79 Å². The summed E-state index contributed by atoms with van der Waals surface area (Å²) >= 11 is 0. The van der Waals surface area contributed by atoms with Crippen molar-refractivity contribution in [3.63, 3.8) is 0 Å². The number of hydrogen-bond acceptors (Lipinski definition) is 6. The van der Waals surface area contributed by atoms with Gasteiger partial charge in [0.2, 0.25) is 5.95 Å². The zero-order chi connectivity index (χ0) is 18.8. The Morgan fingerprint density at radius 2 is 1.78 bits per heavy atom. The molecule has 0 bridgehead atoms. The third kappa shape index (κ3) is 3.74. The van der Waals surface area contributed by atoms with E-state index < -0.39 is 0 Å². The fourth-order valence-corrected chi connectivity index (χ4v) is 3.67. The van der Waals surface area contributed by atoms with Crippen molar-refractivity contribution in [3.05, 3.63) is 58.4 Å². The van der Waals surface area contributed by atoms with E-state index in [0.717, 1.165) is 37.1 Å². The molecule has 0 spiro atoms. The summed E-state index contributed by atoms with van der Waals surface area (Å²) in [7, 11) is 0. The van der Waals surface area contributed by atoms with Gasteiger partial charge in [0, 0.05) is 30.2 Å². The molecule has 0 atom stereocenters. The Morgan fingerprint density at radius 3 is 2.44 bits per heavy atom. The summed E-state index contributed by atoms with van der Waals surface area (Å²) in [6.45, 7) is 3.93. The van der Waals surface area contributed by atoms with Gasteiger partial charge in [-0.05, 0) is 57.7 Å². The summed E-state index contributed by atoms with van der Waals surface area (Å²) in [4.78, 5) is 20.8. The van der Waals surface area contributed by atoms with Crippen LogP contribution in [0.5, 0.6) is 0 Å². The van der Waals surface area contributed by atoms with Crippen molar-refractivity contribution in [2.45, 2.75) is 51.6 Å². The minimum atomic E-state index is -0.0666. The summed E-state index contributed by atoms with van der Waals surface area (Å²) in [5.74, 6) is 1.33. The monoisotopic (exact) mass is 365 g/mol. The van der Waals surface area contributed by atoms with Gasteiger partial charge in [0.25, 0.3) is 5.56 Å². The number of aryl methyl sites for hydroxylation is 2. The molecular formula is C19H23N7O. The quantitative estimate of drug-likeness (QED) is 0.764. The van der Waals surface area contributed by atoms with E-state index >= 15 is 0 Å². The second-order valence-corrected chi connectivity index (χ2v) is 7.04. The highest BCUT2D eigenvalue weighted by Crippen LogP contribution is 2.28. The Kier molecular flexibility index (Phi) is 4.70. The molecule has 1 aliphatic carbocycles. The van der Waals surface area contributed by atoms with Crippen LogP contribution in [-0.4, -0.2) is 35.6 Å². The van der Waals surface area contributed by atoms with E-state index in [1.54, 1.807) is 40.0 Å². The predicted molar refractivity (Wildman–Crippen MR) is 102 cm³/mol. The average molecular weight is 365 g/mol. The lowest BCUT2D eigenvalue weighted by molar-refractivity contribution is 0.302. The standard InChI is InChI=1S/C19H23N7O/c1-13-12-14(2)25(23-13)17-8-9-18(27)26(24-17)16-6-4-15(5-7-16)22-19-20-10-3-11-21-19/h3,8-12,15-16H,4-7H2,1-2H3,(H,20,21,22). The first-order valence-corrected chi connectivity index (χ1v) is 9.27. The maximum absolute atomic E-state index is 12.4. The molecule has 4 rings (SSSR count). The van der Waals surface area contributed by atoms with Gasteiger partial charge in [-0.15, -0.1) is 5.10 Å². The van der Waals surface area contributed by atoms with Crippen molar-refractivity contribution in [1.29, 1.82) is 0 Å². The Bertz CT molecular complexity index is 971. The summed E-state index contributed by atoms with van der Waals surface area (Å²) in [6, 6.07) is 7.54. The third-order valence-corrected chi connectivity index (χ3v) is 4.98. The van der Waals surface area contributed by atoms with Crippen LogP contribution in [0.2, 0.25) is 0 Å². The lowest BCUT2D eigenvalue weighted by Crippen LogP contribution is -2.34. The van der Waals surface area contributed by atoms with Crippen LogP contribution in [0, 0.1) is 13.8 Å². The molecule has 0 aliphatic heterocycles. The first kappa shape index (κ1) is 17.4. The van der Waals surface area contributed by atoms with Crippen LogP contribution in [0.25, 0.3) is 5.82 Å². The summed E-state index contributed by atoms with van der Waals surface area (Å²) < 4.78 is 3.41. The molecule has 0 amide bonds. The molecule has 1 aliphatic rings. The molecule has 0 aromatic carbocycles. The van der Waals surface area contributed by atoms with E-state index in [0.29, 0.717) is 17.8 Å². The molecule has 0 radical (unpaired) electrons. The largest absolute Gasteiger partial charge is 0.351 e. The summed E-state index contributed by atoms with van der Waals surface area (Å²) in [5, 5.41) is 12.4. The van der Waals surface area contributed by atoms with Crippen LogP contribution in [0.3, 0.4) is 0 Å². The molecule has 0 unspecified atom stereocenters. The Balaban J connectivity index is 1.49. The maximum Gasteiger partial charge on any atom is 0.267 e. The van der Waals surface area contributed by atoms with Gasteiger partial charge in [-0.25, -0.2) is 19.3 Å². The van der Waals surface area contributed by atoms with Crippen LogP contribution < -0.4 is 10.9 Å². The maximum atomic E-state index is 12.4. The molecule has 3 heterocycles. The van der Waals surface area contributed by atoms with Crippen molar-refractivity contribution >= 4 is 5.95 Å². The normalized spacial score (nSPS) is 19.8. The topological polar surface area (TPSA) is 90.5 Å². The fourth-order valence-electron chi connectivity index (χ4n) is 3.67. The highest BCUT2D eigenvalue weighted by atomic mass is 16.1. The van der Waals surface area contributed by atoms with Crippen molar-refractivity contribution < 1.29 is 0 Å². The van der Waals surface area contributed by atoms with Crippen molar-refractivity contribution in [2.75, 3.05) is 5.32 Å². The van der Waals surface area contributed by atoms with E-state index in [1.807, 2.05) is 19.9 Å². The van der Waals surface area contributed by atoms with Gasteiger partial charge in [0.05, 0.1) is 11.7 Å². The van der Waals surface area contributed by atoms with Crippen LogP contribution >= 0.6 is 0 Å². The molecule has 140 valence electrons. The molecule has 8 nitrogen and oxygen atoms in total. The second-order valence-electron chi connectivity index (χ2n) is 7.04. The smallest absolute Gasteiger partial charge is 0.267 e. The summed E-state index contributed by atoms with van der Waals surface area (Å²) in [5.41, 5.74) is 1.87. The van der Waals surface area contributed by atoms with Crippen LogP contribution in [0.1, 0.15) is 43.1 Å². The van der Waals surface area contributed by atoms with Gasteiger partial charge in [0.15, 0.2) is 5.82 Å². The van der Waals surface area contributed by atoms with Gasteiger partial charge in [-0.1, -0.05) is 0 Å². The number of aromatic nitrogens is 6. The lowest BCUT2D eigenvalue weighted by atomic mass is 9.91. The van der Waals surface area contributed by atoms with Crippen LogP contribution in [-0.2, 0) is 0 Å². The first-order valence-electron chi connectivity index (χ1n) is 9.27. The highest BCUT2D eigenvalue weighted by molar-refractivity contribution is 5.25. The minimum absolute atomic E-state index is 0.0666. The molecule has 27 heavy (non-hydrogen) atoms. The van der Waals surface area contributed by atoms with Crippen molar-refractivity contribution in [1.82, 2.24) is 29.5 Å². The predicted octanol–water partition coefficient (Wildman–Crippen LogP) is 2.43. The minimum Gasteiger partial charge on any atom is -0.351 e. The number of anilines is 1. The Hall–Kier alpha value is -3.03. The van der Waals surface area contributed by atoms with E-state index in [1.165, 1.54) is 0 Å². The molecule has 8 heteroatoms. The van der Waals surface area contributed by atoms with Gasteiger partial charge in [-0.2, -0.15) is 5.10 Å². The van der Waals surface area contributed by atoms with E-state index in [2.05, 4.69) is 25.5 Å². The zero-order valence-electron chi connectivity index (χ0n) is 15.5. The van der Waals surface area contributed by atoms with E-state index in [9.17, 15) is 4.79 Å². The van der Waals surface area contributed by atoms with Crippen molar-refractivity contribution in [2.24, 2.45) is 0 Å². The van der Waals surface area contributed by atoms with E-state index in [-0.39, 0.29) is 11.6 Å². The molecule has 1 N–H and O–H groups in total. The van der Waals surface area contributed by atoms with Gasteiger partial charge >= 0.3 is 0 Å². The Morgan fingerprint density at radius 1 is 1.04 bits per heavy atom. The molecule has 1 saturated carbocycles. The number of hydrogen-bond donors (Lipinski definition) is 1. The number of nitrogens with zero attached hydrogens (tertiary/aromatic N) is 6. The third-order valence-electron chi connectivity index (χ3n) is 4.98. The molecule has 1 fully saturated rings. The average Bonchev–Trinajstić information content (AvgIpc) is 3.02. The molecule has 3 aromatic rings. The van der Waals surface area contributed by atoms with Crippen LogP contribution in [0.15, 0.2) is 41.5 Å². The van der Waals surface area contributed by atoms with E-state index in [4.69, 9.17) is 0 Å². The van der Waals surface area contributed by atoms with Crippen LogP contribution in [0.4, 0.5) is 5.95 Å². The Labute approximate surface area is 157 Å². The zero-order valence-corrected chi connectivity index (χ0v) is 15.5. The van der Waals surface area contributed by atoms with Gasteiger partial charge < -0.3 is 5.32 Å². The molecule has 0 saturated heterocycles. The first-order chi connectivity index (χ1) is 13.1. The lowest BCUT2D eigenvalue weighted by Gasteiger charge is -2.29. The molecule has 3 aromatic heterocycles. The number of nitrogens with one attached hydrogen (secondary N) is 1. The summed E-state index contributed by atoms with van der Waals surface area (Å²) in [6.07, 6.45) is 7.13. The van der Waals surface area contributed by atoms with Crippen molar-refractivity contribution in [3.8, 4) is 5.82 Å². The van der Waals surface area contributed by atoms with Gasteiger partial charge in [0.1, 0.15) is 0 Å². The highest BCUT2D eigenvalue weighted by Gasteiger charge is 2.24. The number of rotatable bonds is 4. The fraction of sp³-hybridized carbons (Fsp3) is 0.421.